The Hall–Kier alpha value is -2.21. The molecule has 0 saturated carbocycles. The summed E-state index contributed by atoms with van der Waals surface area (Å²) in [4.78, 5) is 0. The highest BCUT2D eigenvalue weighted by atomic mass is 32.2. The van der Waals surface area contributed by atoms with Gasteiger partial charge in [0, 0.05) is 11.7 Å². The molecule has 2 aromatic carbocycles. The molecule has 0 unspecified atom stereocenters. The van der Waals surface area contributed by atoms with Crippen molar-refractivity contribution < 1.29 is 13.2 Å². The van der Waals surface area contributed by atoms with E-state index in [0.29, 0.717) is 5.69 Å². The van der Waals surface area contributed by atoms with E-state index in [1.54, 1.807) is 19.2 Å². The molecule has 0 aliphatic heterocycles. The second-order valence-electron chi connectivity index (χ2n) is 5.57. The number of aryl methyl sites for hydroxylation is 1. The topological polar surface area (TPSA) is 67.4 Å². The van der Waals surface area contributed by atoms with Gasteiger partial charge >= 0.3 is 0 Å². The standard InChI is InChI=1S/C17H22N2O3S/c1-12-5-10-17(22-3)16(11-12)18-13(2)14-6-8-15(9-7-14)19-23(4,20)21/h5-11,13,18-19H,1-4H3/t13-/m0/s1. The molecule has 0 fully saturated rings. The zero-order valence-corrected chi connectivity index (χ0v) is 14.6. The molecule has 2 rings (SSSR count). The fourth-order valence-corrected chi connectivity index (χ4v) is 2.87. The molecule has 0 aromatic heterocycles. The minimum absolute atomic E-state index is 0.0537. The summed E-state index contributed by atoms with van der Waals surface area (Å²) in [5, 5.41) is 3.42. The van der Waals surface area contributed by atoms with Gasteiger partial charge in [0.1, 0.15) is 5.75 Å². The summed E-state index contributed by atoms with van der Waals surface area (Å²) in [5.41, 5.74) is 3.68. The first-order valence-electron chi connectivity index (χ1n) is 7.27. The first-order valence-corrected chi connectivity index (χ1v) is 9.16. The van der Waals surface area contributed by atoms with Gasteiger partial charge in [-0.05, 0) is 49.2 Å². The van der Waals surface area contributed by atoms with Crippen molar-refractivity contribution in [2.45, 2.75) is 19.9 Å². The molecule has 0 heterocycles. The molecule has 0 aliphatic rings. The van der Waals surface area contributed by atoms with Crippen LogP contribution in [0.2, 0.25) is 0 Å². The number of benzene rings is 2. The first-order chi connectivity index (χ1) is 10.8. The van der Waals surface area contributed by atoms with Crippen LogP contribution in [0.4, 0.5) is 11.4 Å². The molecule has 0 saturated heterocycles. The number of nitrogens with one attached hydrogen (secondary N) is 2. The van der Waals surface area contributed by atoms with Crippen LogP contribution in [0.1, 0.15) is 24.1 Å². The minimum atomic E-state index is -3.25. The van der Waals surface area contributed by atoms with Crippen LogP contribution in [0.15, 0.2) is 42.5 Å². The SMILES string of the molecule is COc1ccc(C)cc1N[C@@H](C)c1ccc(NS(C)(=O)=O)cc1. The van der Waals surface area contributed by atoms with Crippen molar-refractivity contribution in [1.29, 1.82) is 0 Å². The quantitative estimate of drug-likeness (QED) is 0.848. The summed E-state index contributed by atoms with van der Waals surface area (Å²) in [5.74, 6) is 0.790. The van der Waals surface area contributed by atoms with Gasteiger partial charge < -0.3 is 10.1 Å². The first kappa shape index (κ1) is 17.1. The van der Waals surface area contributed by atoms with Gasteiger partial charge in [0.05, 0.1) is 19.1 Å². The van der Waals surface area contributed by atoms with Crippen molar-refractivity contribution in [2.75, 3.05) is 23.4 Å². The maximum absolute atomic E-state index is 11.2. The Labute approximate surface area is 137 Å². The summed E-state index contributed by atoms with van der Waals surface area (Å²) >= 11 is 0. The monoisotopic (exact) mass is 334 g/mol. The van der Waals surface area contributed by atoms with E-state index >= 15 is 0 Å². The Bertz CT molecular complexity index is 771. The van der Waals surface area contributed by atoms with Gasteiger partial charge in [-0.25, -0.2) is 8.42 Å². The average molecular weight is 334 g/mol. The maximum Gasteiger partial charge on any atom is 0.229 e. The maximum atomic E-state index is 11.2. The Kier molecular flexibility index (Phi) is 5.15. The van der Waals surface area contributed by atoms with Gasteiger partial charge in [-0.3, -0.25) is 4.72 Å². The number of methoxy groups -OCH3 is 1. The summed E-state index contributed by atoms with van der Waals surface area (Å²) in [7, 11) is -1.61. The van der Waals surface area contributed by atoms with Gasteiger partial charge in [-0.2, -0.15) is 0 Å². The Morgan fingerprint density at radius 2 is 1.74 bits per heavy atom. The van der Waals surface area contributed by atoms with E-state index in [-0.39, 0.29) is 6.04 Å². The lowest BCUT2D eigenvalue weighted by molar-refractivity contribution is 0.416. The normalized spacial score (nSPS) is 12.5. The highest BCUT2D eigenvalue weighted by Crippen LogP contribution is 2.29. The molecule has 0 amide bonds. The Morgan fingerprint density at radius 3 is 2.30 bits per heavy atom. The number of ether oxygens (including phenoxy) is 1. The second-order valence-corrected chi connectivity index (χ2v) is 7.31. The van der Waals surface area contributed by atoms with E-state index in [2.05, 4.69) is 10.0 Å². The predicted molar refractivity (Wildman–Crippen MR) is 94.7 cm³/mol. The van der Waals surface area contributed by atoms with Crippen LogP contribution in [0.25, 0.3) is 0 Å². The highest BCUT2D eigenvalue weighted by molar-refractivity contribution is 7.92. The van der Waals surface area contributed by atoms with E-state index in [9.17, 15) is 8.42 Å². The molecule has 124 valence electrons. The molecule has 1 atom stereocenters. The molecule has 2 aromatic rings. The number of sulfonamides is 1. The van der Waals surface area contributed by atoms with Gasteiger partial charge in [0.2, 0.25) is 10.0 Å². The third-order valence-corrected chi connectivity index (χ3v) is 4.05. The van der Waals surface area contributed by atoms with E-state index in [1.165, 1.54) is 0 Å². The van der Waals surface area contributed by atoms with Gasteiger partial charge in [-0.15, -0.1) is 0 Å². The molecule has 0 radical (unpaired) electrons. The van der Waals surface area contributed by atoms with Crippen LogP contribution in [0.5, 0.6) is 5.75 Å². The molecule has 2 N–H and O–H groups in total. The molecule has 5 nitrogen and oxygen atoms in total. The second kappa shape index (κ2) is 6.91. The summed E-state index contributed by atoms with van der Waals surface area (Å²) in [6.07, 6.45) is 1.13. The highest BCUT2D eigenvalue weighted by Gasteiger charge is 2.10. The zero-order valence-electron chi connectivity index (χ0n) is 13.8. The smallest absolute Gasteiger partial charge is 0.229 e. The fraction of sp³-hybridized carbons (Fsp3) is 0.294. The number of hydrogen-bond acceptors (Lipinski definition) is 4. The van der Waals surface area contributed by atoms with Crippen molar-refractivity contribution in [1.82, 2.24) is 0 Å². The minimum Gasteiger partial charge on any atom is -0.495 e. The van der Waals surface area contributed by atoms with Gasteiger partial charge in [-0.1, -0.05) is 18.2 Å². The lowest BCUT2D eigenvalue weighted by Gasteiger charge is -2.19. The van der Waals surface area contributed by atoms with E-state index < -0.39 is 10.0 Å². The average Bonchev–Trinajstić information content (AvgIpc) is 2.46. The fourth-order valence-electron chi connectivity index (χ4n) is 2.31. The van der Waals surface area contributed by atoms with Crippen molar-refractivity contribution in [3.8, 4) is 5.75 Å². The summed E-state index contributed by atoms with van der Waals surface area (Å²) in [6, 6.07) is 13.3. The predicted octanol–water partition coefficient (Wildman–Crippen LogP) is 3.55. The zero-order chi connectivity index (χ0) is 17.0. The molecule has 6 heteroatoms. The van der Waals surface area contributed by atoms with E-state index in [0.717, 1.165) is 28.8 Å². The van der Waals surface area contributed by atoms with Crippen LogP contribution in [0, 0.1) is 6.92 Å². The molecular weight excluding hydrogens is 312 g/mol. The van der Waals surface area contributed by atoms with Crippen LogP contribution < -0.4 is 14.8 Å². The number of hydrogen-bond donors (Lipinski definition) is 2. The largest absolute Gasteiger partial charge is 0.495 e. The molecule has 0 bridgehead atoms. The van der Waals surface area contributed by atoms with Gasteiger partial charge in [0.15, 0.2) is 0 Å². The van der Waals surface area contributed by atoms with Crippen molar-refractivity contribution in [3.05, 3.63) is 53.6 Å². The molecule has 0 aliphatic carbocycles. The summed E-state index contributed by atoms with van der Waals surface area (Å²) < 4.78 is 30.3. The number of anilines is 2. The molecule has 23 heavy (non-hydrogen) atoms. The Morgan fingerprint density at radius 1 is 1.09 bits per heavy atom. The third kappa shape index (κ3) is 4.89. The lowest BCUT2D eigenvalue weighted by atomic mass is 10.1. The van der Waals surface area contributed by atoms with Crippen LogP contribution in [-0.2, 0) is 10.0 Å². The van der Waals surface area contributed by atoms with Crippen molar-refractivity contribution >= 4 is 21.4 Å². The molecule has 0 spiro atoms. The molecular formula is C17H22N2O3S. The van der Waals surface area contributed by atoms with E-state index in [1.807, 2.05) is 44.2 Å². The van der Waals surface area contributed by atoms with Crippen LogP contribution in [-0.4, -0.2) is 21.8 Å². The van der Waals surface area contributed by atoms with E-state index in [4.69, 9.17) is 4.74 Å². The lowest BCUT2D eigenvalue weighted by Crippen LogP contribution is -2.10. The number of rotatable bonds is 6. The van der Waals surface area contributed by atoms with Crippen LogP contribution >= 0.6 is 0 Å². The van der Waals surface area contributed by atoms with Crippen LogP contribution in [0.3, 0.4) is 0 Å². The summed E-state index contributed by atoms with van der Waals surface area (Å²) in [6.45, 7) is 4.07. The Balaban J connectivity index is 2.15. The van der Waals surface area contributed by atoms with Crippen molar-refractivity contribution in [2.24, 2.45) is 0 Å². The third-order valence-electron chi connectivity index (χ3n) is 3.44. The van der Waals surface area contributed by atoms with Crippen molar-refractivity contribution in [3.63, 3.8) is 0 Å². The van der Waals surface area contributed by atoms with Gasteiger partial charge in [0.25, 0.3) is 0 Å².